The van der Waals surface area contributed by atoms with E-state index < -0.39 is 0 Å². The average molecular weight is 278 g/mol. The molecule has 2 heterocycles. The molecule has 1 aromatic carbocycles. The van der Waals surface area contributed by atoms with Crippen molar-refractivity contribution in [3.63, 3.8) is 0 Å². The van der Waals surface area contributed by atoms with Crippen LogP contribution in [0.4, 0.5) is 0 Å². The molecular weight excluding hydrogens is 256 g/mol. The van der Waals surface area contributed by atoms with Gasteiger partial charge in [0.25, 0.3) is 0 Å². The van der Waals surface area contributed by atoms with Gasteiger partial charge in [-0.25, -0.2) is 0 Å². The normalized spacial score (nSPS) is 20.6. The van der Waals surface area contributed by atoms with Crippen molar-refractivity contribution < 1.29 is 14.6 Å². The number of phenolic OH excluding ortho intramolecular Hbond substituents is 1. The second-order valence-electron chi connectivity index (χ2n) is 5.56. The minimum Gasteiger partial charge on any atom is -0.507 e. The summed E-state index contributed by atoms with van der Waals surface area (Å²) in [6, 6.07) is 3.61. The van der Waals surface area contributed by atoms with Gasteiger partial charge in [0.1, 0.15) is 5.75 Å². The molecule has 3 rings (SSSR count). The SMILES string of the molecule is CN1CCN(Cc2cc3c(cc2O)OCCCO3)CC1. The van der Waals surface area contributed by atoms with Gasteiger partial charge in [0.2, 0.25) is 0 Å². The van der Waals surface area contributed by atoms with Crippen molar-refractivity contribution in [2.75, 3.05) is 46.4 Å². The van der Waals surface area contributed by atoms with Crippen LogP contribution in [0.5, 0.6) is 17.2 Å². The Balaban J connectivity index is 1.74. The maximum Gasteiger partial charge on any atom is 0.164 e. The van der Waals surface area contributed by atoms with E-state index >= 15 is 0 Å². The Labute approximate surface area is 119 Å². The molecule has 2 aliphatic heterocycles. The molecule has 0 atom stereocenters. The molecule has 0 radical (unpaired) electrons. The number of fused-ring (bicyclic) bond motifs is 1. The number of piperazine rings is 1. The molecule has 0 spiro atoms. The van der Waals surface area contributed by atoms with Crippen LogP contribution < -0.4 is 9.47 Å². The van der Waals surface area contributed by atoms with E-state index in [1.807, 2.05) is 6.07 Å². The summed E-state index contributed by atoms with van der Waals surface area (Å²) in [4.78, 5) is 4.68. The molecule has 2 aliphatic rings. The number of benzene rings is 1. The van der Waals surface area contributed by atoms with Crippen LogP contribution in [0.3, 0.4) is 0 Å². The van der Waals surface area contributed by atoms with Crippen LogP contribution in [-0.4, -0.2) is 61.3 Å². The van der Waals surface area contributed by atoms with Crippen molar-refractivity contribution in [3.05, 3.63) is 17.7 Å². The summed E-state index contributed by atoms with van der Waals surface area (Å²) in [5.41, 5.74) is 0.916. The van der Waals surface area contributed by atoms with Crippen LogP contribution in [-0.2, 0) is 6.54 Å². The molecule has 0 amide bonds. The molecule has 1 N–H and O–H groups in total. The Morgan fingerprint density at radius 2 is 1.70 bits per heavy atom. The maximum absolute atomic E-state index is 10.2. The van der Waals surface area contributed by atoms with E-state index in [1.165, 1.54) is 0 Å². The minimum atomic E-state index is 0.299. The number of likely N-dealkylation sites (N-methyl/N-ethyl adjacent to an activating group) is 1. The van der Waals surface area contributed by atoms with Crippen molar-refractivity contribution in [3.8, 4) is 17.2 Å². The molecule has 0 saturated carbocycles. The number of phenols is 1. The topological polar surface area (TPSA) is 45.2 Å². The number of aromatic hydroxyl groups is 1. The lowest BCUT2D eigenvalue weighted by atomic mass is 10.1. The standard InChI is InChI=1S/C15H22N2O3/c1-16-3-5-17(6-4-16)11-12-9-14-15(10-13(12)18)20-8-2-7-19-14/h9-10,18H,2-8,11H2,1H3. The van der Waals surface area contributed by atoms with Gasteiger partial charge in [-0.15, -0.1) is 0 Å². The van der Waals surface area contributed by atoms with Gasteiger partial charge >= 0.3 is 0 Å². The van der Waals surface area contributed by atoms with Gasteiger partial charge in [0.15, 0.2) is 11.5 Å². The van der Waals surface area contributed by atoms with Crippen LogP contribution in [0.15, 0.2) is 12.1 Å². The molecule has 0 bridgehead atoms. The zero-order valence-electron chi connectivity index (χ0n) is 12.0. The summed E-state index contributed by atoms with van der Waals surface area (Å²) < 4.78 is 11.3. The van der Waals surface area contributed by atoms with Gasteiger partial charge in [-0.1, -0.05) is 0 Å². The predicted molar refractivity (Wildman–Crippen MR) is 76.5 cm³/mol. The van der Waals surface area contributed by atoms with Crippen LogP contribution in [0, 0.1) is 0 Å². The molecule has 110 valence electrons. The molecule has 5 heteroatoms. The number of rotatable bonds is 2. The molecule has 0 aromatic heterocycles. The summed E-state index contributed by atoms with van der Waals surface area (Å²) in [5.74, 6) is 1.71. The minimum absolute atomic E-state index is 0.299. The third-order valence-electron chi connectivity index (χ3n) is 3.94. The van der Waals surface area contributed by atoms with E-state index in [-0.39, 0.29) is 0 Å². The fourth-order valence-electron chi connectivity index (χ4n) is 2.61. The monoisotopic (exact) mass is 278 g/mol. The predicted octanol–water partition coefficient (Wildman–Crippen LogP) is 1.30. The lowest BCUT2D eigenvalue weighted by molar-refractivity contribution is 0.147. The number of hydrogen-bond acceptors (Lipinski definition) is 5. The van der Waals surface area contributed by atoms with E-state index in [0.717, 1.165) is 50.5 Å². The molecule has 5 nitrogen and oxygen atoms in total. The van der Waals surface area contributed by atoms with Crippen molar-refractivity contribution in [2.45, 2.75) is 13.0 Å². The van der Waals surface area contributed by atoms with Gasteiger partial charge < -0.3 is 19.5 Å². The van der Waals surface area contributed by atoms with Crippen molar-refractivity contribution in [1.29, 1.82) is 0 Å². The molecule has 0 aliphatic carbocycles. The Kier molecular flexibility index (Phi) is 3.98. The first-order valence-corrected chi connectivity index (χ1v) is 7.25. The lowest BCUT2D eigenvalue weighted by Crippen LogP contribution is -2.43. The number of ether oxygens (including phenoxy) is 2. The Morgan fingerprint density at radius 1 is 1.05 bits per heavy atom. The highest BCUT2D eigenvalue weighted by molar-refractivity contribution is 5.50. The quantitative estimate of drug-likeness (QED) is 0.883. The van der Waals surface area contributed by atoms with Gasteiger partial charge in [-0.3, -0.25) is 4.90 Å². The van der Waals surface area contributed by atoms with E-state index in [4.69, 9.17) is 9.47 Å². The summed E-state index contributed by atoms with van der Waals surface area (Å²) >= 11 is 0. The fraction of sp³-hybridized carbons (Fsp3) is 0.600. The first-order chi connectivity index (χ1) is 9.72. The van der Waals surface area contributed by atoms with Crippen molar-refractivity contribution >= 4 is 0 Å². The Bertz CT molecular complexity index is 470. The van der Waals surface area contributed by atoms with Crippen LogP contribution in [0.2, 0.25) is 0 Å². The van der Waals surface area contributed by atoms with Gasteiger partial charge in [0.05, 0.1) is 13.2 Å². The Hall–Kier alpha value is -1.46. The molecular formula is C15H22N2O3. The summed E-state index contributed by atoms with van der Waals surface area (Å²) in [6.07, 6.45) is 0.878. The van der Waals surface area contributed by atoms with Gasteiger partial charge in [-0.05, 0) is 13.1 Å². The highest BCUT2D eigenvalue weighted by Crippen LogP contribution is 2.36. The average Bonchev–Trinajstić information content (AvgIpc) is 2.67. The fourth-order valence-corrected chi connectivity index (χ4v) is 2.61. The van der Waals surface area contributed by atoms with E-state index in [2.05, 4.69) is 16.8 Å². The van der Waals surface area contributed by atoms with E-state index in [9.17, 15) is 5.11 Å². The van der Waals surface area contributed by atoms with Crippen LogP contribution in [0.1, 0.15) is 12.0 Å². The molecule has 1 aromatic rings. The largest absolute Gasteiger partial charge is 0.507 e. The zero-order chi connectivity index (χ0) is 13.9. The summed E-state index contributed by atoms with van der Waals surface area (Å²) in [7, 11) is 2.14. The first-order valence-electron chi connectivity index (χ1n) is 7.25. The third kappa shape index (κ3) is 2.99. The number of nitrogens with zero attached hydrogens (tertiary/aromatic N) is 2. The summed E-state index contributed by atoms with van der Waals surface area (Å²) in [6.45, 7) is 6.29. The third-order valence-corrected chi connectivity index (χ3v) is 3.94. The second-order valence-corrected chi connectivity index (χ2v) is 5.56. The van der Waals surface area contributed by atoms with E-state index in [1.54, 1.807) is 6.07 Å². The number of hydrogen-bond donors (Lipinski definition) is 1. The maximum atomic E-state index is 10.2. The van der Waals surface area contributed by atoms with Crippen LogP contribution in [0.25, 0.3) is 0 Å². The highest BCUT2D eigenvalue weighted by atomic mass is 16.5. The lowest BCUT2D eigenvalue weighted by Gasteiger charge is -2.32. The summed E-state index contributed by atoms with van der Waals surface area (Å²) in [5, 5.41) is 10.2. The second kappa shape index (κ2) is 5.89. The van der Waals surface area contributed by atoms with Gasteiger partial charge in [0, 0.05) is 50.8 Å². The first kappa shape index (κ1) is 13.5. The highest BCUT2D eigenvalue weighted by Gasteiger charge is 2.18. The smallest absolute Gasteiger partial charge is 0.164 e. The molecule has 1 fully saturated rings. The van der Waals surface area contributed by atoms with Crippen LogP contribution >= 0.6 is 0 Å². The molecule has 1 saturated heterocycles. The Morgan fingerprint density at radius 3 is 2.40 bits per heavy atom. The van der Waals surface area contributed by atoms with Gasteiger partial charge in [-0.2, -0.15) is 0 Å². The zero-order valence-corrected chi connectivity index (χ0v) is 12.0. The molecule has 0 unspecified atom stereocenters. The van der Waals surface area contributed by atoms with Crippen molar-refractivity contribution in [2.24, 2.45) is 0 Å². The molecule has 20 heavy (non-hydrogen) atoms. The van der Waals surface area contributed by atoms with E-state index in [0.29, 0.717) is 24.7 Å². The van der Waals surface area contributed by atoms with Crippen molar-refractivity contribution in [1.82, 2.24) is 9.80 Å².